The summed E-state index contributed by atoms with van der Waals surface area (Å²) < 4.78 is 19.5. The molecular formula is C21H21FN4O3. The second kappa shape index (κ2) is 9.01. The number of nitrogens with two attached hydrogens (primary N) is 1. The molecule has 1 heterocycles. The number of carboxylic acid groups (broad SMARTS) is 1. The van der Waals surface area contributed by atoms with Crippen LogP contribution in [0.3, 0.4) is 0 Å². The molecule has 4 N–H and O–H groups in total. The largest absolute Gasteiger partial charge is 0.480 e. The van der Waals surface area contributed by atoms with Crippen LogP contribution in [0.4, 0.5) is 10.3 Å². The number of hydrogen-bond acceptors (Lipinski definition) is 4. The Labute approximate surface area is 167 Å². The molecule has 150 valence electrons. The van der Waals surface area contributed by atoms with Crippen molar-refractivity contribution in [3.63, 3.8) is 0 Å². The van der Waals surface area contributed by atoms with Gasteiger partial charge >= 0.3 is 5.97 Å². The van der Waals surface area contributed by atoms with Gasteiger partial charge in [-0.1, -0.05) is 47.6 Å². The highest BCUT2D eigenvalue weighted by Gasteiger charge is 2.12. The fraction of sp³-hybridized carbons (Fsp3) is 0.190. The third-order valence-corrected chi connectivity index (χ3v) is 4.30. The number of halogens is 1. The lowest BCUT2D eigenvalue weighted by molar-refractivity contribution is -0.138. The second-order valence-electron chi connectivity index (χ2n) is 6.54. The van der Waals surface area contributed by atoms with Crippen LogP contribution in [0.1, 0.15) is 18.2 Å². The Morgan fingerprint density at radius 2 is 2.00 bits per heavy atom. The normalized spacial score (nSPS) is 12.6. The van der Waals surface area contributed by atoms with Crippen molar-refractivity contribution < 1.29 is 18.8 Å². The van der Waals surface area contributed by atoms with Crippen molar-refractivity contribution in [1.82, 2.24) is 10.5 Å². The first-order valence-electron chi connectivity index (χ1n) is 9.05. The van der Waals surface area contributed by atoms with Crippen molar-refractivity contribution >= 4 is 17.8 Å². The maximum atomic E-state index is 14.5. The number of nitrogens with zero attached hydrogens (tertiary/aromatic N) is 2. The van der Waals surface area contributed by atoms with Gasteiger partial charge in [-0.2, -0.15) is 4.99 Å². The van der Waals surface area contributed by atoms with Gasteiger partial charge in [-0.3, -0.25) is 4.79 Å². The van der Waals surface area contributed by atoms with E-state index < -0.39 is 12.0 Å². The molecule has 0 amide bonds. The highest BCUT2D eigenvalue weighted by Crippen LogP contribution is 2.24. The number of guanidine groups is 1. The Kier molecular flexibility index (Phi) is 6.23. The Hall–Kier alpha value is -3.68. The van der Waals surface area contributed by atoms with Crippen LogP contribution in [-0.4, -0.2) is 28.2 Å². The van der Waals surface area contributed by atoms with Gasteiger partial charge in [-0.05, 0) is 37.0 Å². The maximum Gasteiger partial charge on any atom is 0.325 e. The van der Waals surface area contributed by atoms with Crippen molar-refractivity contribution in [1.29, 1.82) is 0 Å². The lowest BCUT2D eigenvalue weighted by Crippen LogP contribution is -2.42. The summed E-state index contributed by atoms with van der Waals surface area (Å²) in [4.78, 5) is 14.7. The first kappa shape index (κ1) is 20.1. The first-order valence-corrected chi connectivity index (χ1v) is 9.05. The summed E-state index contributed by atoms with van der Waals surface area (Å²) in [5, 5.41) is 15.3. The predicted molar refractivity (Wildman–Crippen MR) is 107 cm³/mol. The summed E-state index contributed by atoms with van der Waals surface area (Å²) in [6.45, 7) is 1.44. The summed E-state index contributed by atoms with van der Waals surface area (Å²) >= 11 is 0. The number of carbonyl (C=O) groups is 1. The van der Waals surface area contributed by atoms with Gasteiger partial charge in [0.05, 0.1) is 5.69 Å². The van der Waals surface area contributed by atoms with Crippen LogP contribution < -0.4 is 11.1 Å². The zero-order chi connectivity index (χ0) is 20.8. The maximum absolute atomic E-state index is 14.5. The number of aromatic nitrogens is 1. The Bertz CT molecular complexity index is 1020. The predicted octanol–water partition coefficient (Wildman–Crippen LogP) is 3.27. The van der Waals surface area contributed by atoms with Gasteiger partial charge in [0, 0.05) is 11.6 Å². The summed E-state index contributed by atoms with van der Waals surface area (Å²) in [5.74, 6) is -1.24. The van der Waals surface area contributed by atoms with Crippen LogP contribution in [0.15, 0.2) is 64.1 Å². The molecule has 0 bridgehead atoms. The Morgan fingerprint density at radius 1 is 1.24 bits per heavy atom. The SMILES string of the molecule is CC(NC(N)=Nc1cc(CCc2ccc(-c3ccccc3)c(F)c2)no1)C(=O)O. The quantitative estimate of drug-likeness (QED) is 0.417. The van der Waals surface area contributed by atoms with E-state index in [2.05, 4.69) is 15.5 Å². The molecule has 7 nitrogen and oxygen atoms in total. The zero-order valence-corrected chi connectivity index (χ0v) is 15.8. The minimum atomic E-state index is -1.05. The van der Waals surface area contributed by atoms with E-state index in [-0.39, 0.29) is 17.7 Å². The van der Waals surface area contributed by atoms with Crippen molar-refractivity contribution in [3.05, 3.63) is 71.7 Å². The number of aliphatic carboxylic acids is 1. The van der Waals surface area contributed by atoms with Gasteiger partial charge in [0.15, 0.2) is 5.96 Å². The molecular weight excluding hydrogens is 375 g/mol. The number of benzene rings is 2. The minimum absolute atomic E-state index is 0.0822. The molecule has 0 saturated heterocycles. The van der Waals surface area contributed by atoms with E-state index >= 15 is 0 Å². The topological polar surface area (TPSA) is 114 Å². The van der Waals surface area contributed by atoms with Crippen molar-refractivity contribution in [2.75, 3.05) is 0 Å². The van der Waals surface area contributed by atoms with Crippen LogP contribution in [0, 0.1) is 5.82 Å². The van der Waals surface area contributed by atoms with Crippen molar-refractivity contribution in [3.8, 4) is 11.1 Å². The van der Waals surface area contributed by atoms with Gasteiger partial charge < -0.3 is 20.7 Å². The molecule has 0 aliphatic carbocycles. The van der Waals surface area contributed by atoms with Crippen LogP contribution in [0.2, 0.25) is 0 Å². The molecule has 3 aromatic rings. The smallest absolute Gasteiger partial charge is 0.325 e. The number of nitrogens with one attached hydrogen (secondary N) is 1. The third-order valence-electron chi connectivity index (χ3n) is 4.30. The second-order valence-corrected chi connectivity index (χ2v) is 6.54. The van der Waals surface area contributed by atoms with E-state index in [0.717, 1.165) is 11.1 Å². The molecule has 0 aliphatic heterocycles. The van der Waals surface area contributed by atoms with E-state index in [4.69, 9.17) is 15.4 Å². The number of hydrogen-bond donors (Lipinski definition) is 3. The molecule has 0 spiro atoms. The van der Waals surface area contributed by atoms with Crippen molar-refractivity contribution in [2.24, 2.45) is 10.7 Å². The van der Waals surface area contributed by atoms with E-state index in [0.29, 0.717) is 24.1 Å². The summed E-state index contributed by atoms with van der Waals surface area (Å²) in [7, 11) is 0. The molecule has 29 heavy (non-hydrogen) atoms. The van der Waals surface area contributed by atoms with Crippen molar-refractivity contribution in [2.45, 2.75) is 25.8 Å². The first-order chi connectivity index (χ1) is 13.9. The average molecular weight is 396 g/mol. The highest BCUT2D eigenvalue weighted by atomic mass is 19.1. The van der Waals surface area contributed by atoms with Gasteiger partial charge in [0.25, 0.3) is 5.88 Å². The molecule has 1 unspecified atom stereocenters. The van der Waals surface area contributed by atoms with Crippen LogP contribution in [0.5, 0.6) is 0 Å². The lowest BCUT2D eigenvalue weighted by atomic mass is 10.0. The monoisotopic (exact) mass is 396 g/mol. The van der Waals surface area contributed by atoms with Gasteiger partial charge in [0.2, 0.25) is 0 Å². The molecule has 0 aliphatic rings. The van der Waals surface area contributed by atoms with E-state index in [9.17, 15) is 9.18 Å². The van der Waals surface area contributed by atoms with E-state index in [1.54, 1.807) is 12.1 Å². The molecule has 2 aromatic carbocycles. The standard InChI is InChI=1S/C21H21FN4O3/c1-13(20(27)28)24-21(23)25-19-12-16(26-29-19)9-7-14-8-10-17(18(22)11-14)15-5-3-2-4-6-15/h2-6,8,10-13H,7,9H2,1H3,(H,27,28)(H3,23,24,25). The summed E-state index contributed by atoms with van der Waals surface area (Å²) in [6, 6.07) is 15.3. The molecule has 8 heteroatoms. The number of aryl methyl sites for hydroxylation is 2. The van der Waals surface area contributed by atoms with Crippen LogP contribution in [0.25, 0.3) is 11.1 Å². The van der Waals surface area contributed by atoms with Gasteiger partial charge in [0.1, 0.15) is 11.9 Å². The Balaban J connectivity index is 1.61. The van der Waals surface area contributed by atoms with Crippen LogP contribution in [-0.2, 0) is 17.6 Å². The zero-order valence-electron chi connectivity index (χ0n) is 15.8. The third kappa shape index (κ3) is 5.41. The summed E-state index contributed by atoms with van der Waals surface area (Å²) in [6.07, 6.45) is 1.10. The lowest BCUT2D eigenvalue weighted by Gasteiger charge is -2.08. The van der Waals surface area contributed by atoms with Crippen LogP contribution >= 0.6 is 0 Å². The molecule has 3 rings (SSSR count). The van der Waals surface area contributed by atoms with Gasteiger partial charge in [-0.15, -0.1) is 0 Å². The minimum Gasteiger partial charge on any atom is -0.480 e. The number of rotatable bonds is 7. The molecule has 0 radical (unpaired) electrons. The summed E-state index contributed by atoms with van der Waals surface area (Å²) in [5.41, 5.74) is 8.51. The van der Waals surface area contributed by atoms with Gasteiger partial charge in [-0.25, -0.2) is 4.39 Å². The fourth-order valence-electron chi connectivity index (χ4n) is 2.74. The Morgan fingerprint density at radius 3 is 2.69 bits per heavy atom. The fourth-order valence-corrected chi connectivity index (χ4v) is 2.74. The molecule has 1 aromatic heterocycles. The number of aliphatic imine (C=N–C) groups is 1. The average Bonchev–Trinajstić information content (AvgIpc) is 3.14. The molecule has 0 saturated carbocycles. The number of carboxylic acids is 1. The molecule has 0 fully saturated rings. The highest BCUT2D eigenvalue weighted by molar-refractivity contribution is 5.85. The van der Waals surface area contributed by atoms with E-state index in [1.807, 2.05) is 36.4 Å². The molecule has 1 atom stereocenters. The van der Waals surface area contributed by atoms with E-state index in [1.165, 1.54) is 13.0 Å².